The van der Waals surface area contributed by atoms with Crippen LogP contribution in [0.25, 0.3) is 11.8 Å². The number of amides is 1. The molecule has 3 aromatic carbocycles. The number of hydrogen-bond donors (Lipinski definition) is 0. The van der Waals surface area contributed by atoms with E-state index < -0.39 is 0 Å². The molecule has 34 heavy (non-hydrogen) atoms. The normalized spacial score (nSPS) is 11.3. The third-order valence-corrected chi connectivity index (χ3v) is 5.70. The first-order valence-electron chi connectivity index (χ1n) is 11.4. The van der Waals surface area contributed by atoms with Crippen molar-refractivity contribution in [2.75, 3.05) is 6.54 Å². The molecule has 4 rings (SSSR count). The van der Waals surface area contributed by atoms with Crippen molar-refractivity contribution >= 4 is 17.7 Å². The summed E-state index contributed by atoms with van der Waals surface area (Å²) in [5.41, 5.74) is 4.30. The van der Waals surface area contributed by atoms with Gasteiger partial charge in [0.25, 0.3) is 11.5 Å². The van der Waals surface area contributed by atoms with Gasteiger partial charge in [0.1, 0.15) is 5.70 Å². The molecule has 170 valence electrons. The third kappa shape index (κ3) is 5.99. The summed E-state index contributed by atoms with van der Waals surface area (Å²) in [6.45, 7) is 3.01. The molecule has 0 saturated heterocycles. The lowest BCUT2D eigenvalue weighted by molar-refractivity contribution is -0.126. The summed E-state index contributed by atoms with van der Waals surface area (Å²) in [5, 5.41) is 0. The van der Waals surface area contributed by atoms with Crippen LogP contribution in [0.5, 0.6) is 0 Å². The van der Waals surface area contributed by atoms with Gasteiger partial charge in [-0.25, -0.2) is 0 Å². The molecule has 1 aromatic heterocycles. The van der Waals surface area contributed by atoms with Crippen molar-refractivity contribution in [1.29, 1.82) is 0 Å². The van der Waals surface area contributed by atoms with Crippen molar-refractivity contribution in [2.24, 2.45) is 0 Å². The van der Waals surface area contributed by atoms with Gasteiger partial charge < -0.3 is 4.90 Å². The van der Waals surface area contributed by atoms with Gasteiger partial charge in [0.15, 0.2) is 0 Å². The molecule has 0 saturated carbocycles. The molecule has 0 atom stereocenters. The van der Waals surface area contributed by atoms with Crippen LogP contribution < -0.4 is 5.56 Å². The van der Waals surface area contributed by atoms with E-state index in [1.54, 1.807) is 24.4 Å². The van der Waals surface area contributed by atoms with Crippen molar-refractivity contribution in [3.8, 4) is 0 Å². The molecule has 0 fully saturated rings. The van der Waals surface area contributed by atoms with Crippen LogP contribution in [-0.2, 0) is 17.8 Å². The van der Waals surface area contributed by atoms with Crippen molar-refractivity contribution in [1.82, 2.24) is 9.47 Å². The summed E-state index contributed by atoms with van der Waals surface area (Å²) in [5.74, 6) is -0.186. The lowest BCUT2D eigenvalue weighted by Crippen LogP contribution is -2.36. The molecular weight excluding hydrogens is 420 g/mol. The second kappa shape index (κ2) is 11.1. The van der Waals surface area contributed by atoms with Gasteiger partial charge in [-0.3, -0.25) is 14.2 Å². The maximum Gasteiger partial charge on any atom is 0.271 e. The van der Waals surface area contributed by atoms with Crippen LogP contribution in [0.15, 0.2) is 114 Å². The smallest absolute Gasteiger partial charge is 0.271 e. The average molecular weight is 449 g/mol. The minimum Gasteiger partial charge on any atom is -0.333 e. The molecular formula is C30H28N2O2. The van der Waals surface area contributed by atoms with Crippen LogP contribution in [-0.4, -0.2) is 21.9 Å². The van der Waals surface area contributed by atoms with Crippen LogP contribution in [0.1, 0.15) is 22.3 Å². The highest BCUT2D eigenvalue weighted by Crippen LogP contribution is 2.17. The Balaban J connectivity index is 1.72. The Morgan fingerprint density at radius 1 is 0.794 bits per heavy atom. The van der Waals surface area contributed by atoms with Gasteiger partial charge in [-0.05, 0) is 42.2 Å². The van der Waals surface area contributed by atoms with E-state index >= 15 is 0 Å². The van der Waals surface area contributed by atoms with Crippen LogP contribution >= 0.6 is 0 Å². The van der Waals surface area contributed by atoms with Gasteiger partial charge in [-0.1, -0.05) is 96.6 Å². The summed E-state index contributed by atoms with van der Waals surface area (Å²) in [7, 11) is 0. The summed E-state index contributed by atoms with van der Waals surface area (Å²) in [6, 6.07) is 32.9. The summed E-state index contributed by atoms with van der Waals surface area (Å²) in [6.07, 6.45) is 4.17. The molecule has 4 heteroatoms. The molecule has 0 aliphatic heterocycles. The second-order valence-electron chi connectivity index (χ2n) is 8.30. The molecule has 0 spiro atoms. The number of hydrogen-bond acceptors (Lipinski definition) is 2. The van der Waals surface area contributed by atoms with Crippen LogP contribution in [0.4, 0.5) is 0 Å². The van der Waals surface area contributed by atoms with E-state index in [-0.39, 0.29) is 11.5 Å². The van der Waals surface area contributed by atoms with E-state index in [1.165, 1.54) is 10.6 Å². The number of carbonyl (C=O) groups is 1. The molecule has 0 unspecified atom stereocenters. The first kappa shape index (κ1) is 23.0. The number of aryl methyl sites for hydroxylation is 1. The van der Waals surface area contributed by atoms with Crippen molar-refractivity contribution < 1.29 is 4.79 Å². The zero-order valence-electron chi connectivity index (χ0n) is 19.3. The van der Waals surface area contributed by atoms with Gasteiger partial charge in [0.2, 0.25) is 0 Å². The van der Waals surface area contributed by atoms with Crippen LogP contribution in [0.2, 0.25) is 0 Å². The number of aromatic nitrogens is 1. The SMILES string of the molecule is Cc1ccc(C=C(C(=O)N(CCc2ccccc2)Cc2ccccc2)n2ccccc2=O)cc1. The third-order valence-electron chi connectivity index (χ3n) is 5.70. The lowest BCUT2D eigenvalue weighted by atomic mass is 10.1. The van der Waals surface area contributed by atoms with E-state index in [2.05, 4.69) is 12.1 Å². The molecule has 0 aliphatic rings. The Hall–Kier alpha value is -4.18. The van der Waals surface area contributed by atoms with E-state index in [0.717, 1.165) is 28.7 Å². The molecule has 0 radical (unpaired) electrons. The number of rotatable bonds is 8. The van der Waals surface area contributed by atoms with Crippen molar-refractivity contribution in [2.45, 2.75) is 19.9 Å². The fourth-order valence-electron chi connectivity index (χ4n) is 3.81. The molecule has 1 heterocycles. The molecule has 0 aliphatic carbocycles. The molecule has 1 amide bonds. The maximum atomic E-state index is 14.0. The highest BCUT2D eigenvalue weighted by molar-refractivity contribution is 6.18. The zero-order chi connectivity index (χ0) is 23.8. The highest BCUT2D eigenvalue weighted by Gasteiger charge is 2.21. The zero-order valence-corrected chi connectivity index (χ0v) is 19.3. The van der Waals surface area contributed by atoms with Gasteiger partial charge >= 0.3 is 0 Å². The molecule has 4 aromatic rings. The predicted octanol–water partition coefficient (Wildman–Crippen LogP) is 5.43. The Labute approximate surface area is 200 Å². The summed E-state index contributed by atoms with van der Waals surface area (Å²) < 4.78 is 1.43. The Morgan fingerprint density at radius 3 is 2.06 bits per heavy atom. The van der Waals surface area contributed by atoms with Crippen LogP contribution in [0, 0.1) is 6.92 Å². The minimum absolute atomic E-state index is 0.186. The topological polar surface area (TPSA) is 42.3 Å². The molecule has 4 nitrogen and oxygen atoms in total. The van der Waals surface area contributed by atoms with Gasteiger partial charge in [0, 0.05) is 25.4 Å². The number of pyridine rings is 1. The van der Waals surface area contributed by atoms with Gasteiger partial charge in [-0.15, -0.1) is 0 Å². The monoisotopic (exact) mass is 448 g/mol. The first-order valence-corrected chi connectivity index (χ1v) is 11.4. The molecule has 0 bridgehead atoms. The fraction of sp³-hybridized carbons (Fsp3) is 0.133. The van der Waals surface area contributed by atoms with E-state index in [4.69, 9.17) is 0 Å². The summed E-state index contributed by atoms with van der Waals surface area (Å²) >= 11 is 0. The quantitative estimate of drug-likeness (QED) is 0.338. The minimum atomic E-state index is -0.239. The lowest BCUT2D eigenvalue weighted by Gasteiger charge is -2.25. The van der Waals surface area contributed by atoms with Crippen LogP contribution in [0.3, 0.4) is 0 Å². The Bertz CT molecular complexity index is 1310. The van der Waals surface area contributed by atoms with E-state index in [1.807, 2.05) is 84.6 Å². The standard InChI is InChI=1S/C30H28N2O2/c1-24-15-17-26(18-16-24)22-28(32-20-9-8-14-29(32)33)30(34)31(23-27-12-6-3-7-13-27)21-19-25-10-4-2-5-11-25/h2-18,20,22H,19,21,23H2,1H3. The molecule has 0 N–H and O–H groups in total. The van der Waals surface area contributed by atoms with Crippen molar-refractivity contribution in [3.05, 3.63) is 142 Å². The highest BCUT2D eigenvalue weighted by atomic mass is 16.2. The van der Waals surface area contributed by atoms with E-state index in [0.29, 0.717) is 18.8 Å². The van der Waals surface area contributed by atoms with Crippen molar-refractivity contribution in [3.63, 3.8) is 0 Å². The maximum absolute atomic E-state index is 14.0. The van der Waals surface area contributed by atoms with Gasteiger partial charge in [0.05, 0.1) is 0 Å². The first-order chi connectivity index (χ1) is 16.6. The van der Waals surface area contributed by atoms with E-state index in [9.17, 15) is 9.59 Å². The largest absolute Gasteiger partial charge is 0.333 e. The number of nitrogens with zero attached hydrogens (tertiary/aromatic N) is 2. The van der Waals surface area contributed by atoms with Gasteiger partial charge in [-0.2, -0.15) is 0 Å². The predicted molar refractivity (Wildman–Crippen MR) is 138 cm³/mol. The Kier molecular flexibility index (Phi) is 7.51. The summed E-state index contributed by atoms with van der Waals surface area (Å²) in [4.78, 5) is 28.5. The fourth-order valence-corrected chi connectivity index (χ4v) is 3.81. The number of carbonyl (C=O) groups excluding carboxylic acids is 1. The second-order valence-corrected chi connectivity index (χ2v) is 8.30. The average Bonchev–Trinajstić information content (AvgIpc) is 2.87. The Morgan fingerprint density at radius 2 is 1.41 bits per heavy atom. The number of benzene rings is 3.